The molecule has 2 aliphatic heterocycles. The molecule has 1 N–H and O–H groups in total. The van der Waals surface area contributed by atoms with E-state index in [9.17, 15) is 14.4 Å². The maximum atomic E-state index is 13.4. The van der Waals surface area contributed by atoms with Gasteiger partial charge >= 0.3 is 6.03 Å². The van der Waals surface area contributed by atoms with Crippen LogP contribution in [0.2, 0.25) is 0 Å². The van der Waals surface area contributed by atoms with Crippen LogP contribution in [0, 0.1) is 0 Å². The van der Waals surface area contributed by atoms with Crippen LogP contribution in [0.15, 0.2) is 84.6 Å². The van der Waals surface area contributed by atoms with Gasteiger partial charge in [0, 0.05) is 35.3 Å². The van der Waals surface area contributed by atoms with Gasteiger partial charge in [-0.15, -0.1) is 0 Å². The van der Waals surface area contributed by atoms with Crippen molar-refractivity contribution in [3.63, 3.8) is 0 Å². The monoisotopic (exact) mass is 465 g/mol. The maximum Gasteiger partial charge on any atom is 0.335 e. The molecule has 0 bridgehead atoms. The lowest BCUT2D eigenvalue weighted by molar-refractivity contribution is -0.122. The van der Waals surface area contributed by atoms with Gasteiger partial charge in [0.25, 0.3) is 11.8 Å². The quantitative estimate of drug-likeness (QED) is 0.362. The van der Waals surface area contributed by atoms with Crippen LogP contribution in [0.3, 0.4) is 0 Å². The first-order valence-electron chi connectivity index (χ1n) is 11.0. The number of nitrogens with zero attached hydrogens (tertiary/aromatic N) is 2. The van der Waals surface area contributed by atoms with Crippen LogP contribution in [-0.4, -0.2) is 29.2 Å². The highest BCUT2D eigenvalue weighted by atomic mass is 16.7. The number of urea groups is 1. The number of hydrogen-bond donors (Lipinski definition) is 1. The SMILES string of the molecule is O=C1NC(=O)N(c2ccc3c(c2)OCO3)C(=O)C1=Cc1cn(Cc2ccccc2)c2ccccc12. The van der Waals surface area contributed by atoms with Gasteiger partial charge in [0.05, 0.1) is 5.69 Å². The van der Waals surface area contributed by atoms with Gasteiger partial charge in [-0.2, -0.15) is 0 Å². The van der Waals surface area contributed by atoms with Gasteiger partial charge in [-0.1, -0.05) is 48.5 Å². The molecule has 0 atom stereocenters. The third-order valence-electron chi connectivity index (χ3n) is 6.03. The van der Waals surface area contributed by atoms with Crippen molar-refractivity contribution < 1.29 is 23.9 Å². The summed E-state index contributed by atoms with van der Waals surface area (Å²) < 4.78 is 12.7. The number of carbonyl (C=O) groups excluding carboxylic acids is 3. The highest BCUT2D eigenvalue weighted by molar-refractivity contribution is 6.39. The Bertz CT molecular complexity index is 1540. The Hall–Kier alpha value is -4.85. The molecule has 1 fully saturated rings. The van der Waals surface area contributed by atoms with Crippen molar-refractivity contribution in [2.24, 2.45) is 0 Å². The summed E-state index contributed by atoms with van der Waals surface area (Å²) in [5, 5.41) is 3.16. The lowest BCUT2D eigenvalue weighted by Crippen LogP contribution is -2.54. The number of hydrogen-bond acceptors (Lipinski definition) is 5. The molecule has 8 nitrogen and oxygen atoms in total. The Morgan fingerprint density at radius 2 is 1.66 bits per heavy atom. The van der Waals surface area contributed by atoms with Crippen LogP contribution in [0.25, 0.3) is 17.0 Å². The minimum Gasteiger partial charge on any atom is -0.454 e. The Balaban J connectivity index is 1.40. The lowest BCUT2D eigenvalue weighted by Gasteiger charge is -2.26. The van der Waals surface area contributed by atoms with Crippen LogP contribution >= 0.6 is 0 Å². The zero-order valence-corrected chi connectivity index (χ0v) is 18.4. The molecule has 3 heterocycles. The molecule has 4 aromatic rings. The summed E-state index contributed by atoms with van der Waals surface area (Å²) in [5.74, 6) is -0.499. The number of amides is 4. The first-order valence-corrected chi connectivity index (χ1v) is 11.0. The third-order valence-corrected chi connectivity index (χ3v) is 6.03. The fourth-order valence-corrected chi connectivity index (χ4v) is 4.37. The molecule has 35 heavy (non-hydrogen) atoms. The van der Waals surface area contributed by atoms with E-state index in [0.717, 1.165) is 21.4 Å². The normalized spacial score (nSPS) is 16.3. The maximum absolute atomic E-state index is 13.4. The number of aromatic nitrogens is 1. The average molecular weight is 465 g/mol. The molecule has 0 unspecified atom stereocenters. The molecule has 3 aromatic carbocycles. The summed E-state index contributed by atoms with van der Waals surface area (Å²) in [7, 11) is 0. The molecular formula is C27H19N3O5. The van der Waals surface area contributed by atoms with E-state index in [4.69, 9.17) is 9.47 Å². The highest BCUT2D eigenvalue weighted by Gasteiger charge is 2.37. The smallest absolute Gasteiger partial charge is 0.335 e. The number of nitrogens with one attached hydrogen (secondary N) is 1. The summed E-state index contributed by atoms with van der Waals surface area (Å²) in [4.78, 5) is 39.6. The minimum atomic E-state index is -0.817. The van der Waals surface area contributed by atoms with Crippen LogP contribution < -0.4 is 19.7 Å². The van der Waals surface area contributed by atoms with E-state index in [2.05, 4.69) is 9.88 Å². The number of carbonyl (C=O) groups is 3. The Kier molecular flexibility index (Phi) is 4.84. The lowest BCUT2D eigenvalue weighted by atomic mass is 10.1. The summed E-state index contributed by atoms with van der Waals surface area (Å²) >= 11 is 0. The summed E-state index contributed by atoms with van der Waals surface area (Å²) in [6.07, 6.45) is 3.44. The molecule has 0 radical (unpaired) electrons. The highest BCUT2D eigenvalue weighted by Crippen LogP contribution is 2.36. The number of benzene rings is 3. The molecule has 8 heteroatoms. The van der Waals surface area contributed by atoms with Crippen LogP contribution in [0.1, 0.15) is 11.1 Å². The summed E-state index contributed by atoms with van der Waals surface area (Å²) in [6, 6.07) is 21.7. The van der Waals surface area contributed by atoms with Crippen LogP contribution in [-0.2, 0) is 16.1 Å². The van der Waals surface area contributed by atoms with Gasteiger partial charge in [-0.25, -0.2) is 9.69 Å². The first-order chi connectivity index (χ1) is 17.1. The van der Waals surface area contributed by atoms with E-state index in [1.165, 1.54) is 6.08 Å². The number of imide groups is 2. The summed E-state index contributed by atoms with van der Waals surface area (Å²) in [5.41, 5.74) is 2.94. The molecule has 0 aliphatic carbocycles. The number of para-hydroxylation sites is 1. The molecule has 4 amide bonds. The van der Waals surface area contributed by atoms with E-state index < -0.39 is 17.8 Å². The van der Waals surface area contributed by atoms with Gasteiger partial charge in [-0.3, -0.25) is 14.9 Å². The zero-order valence-electron chi connectivity index (χ0n) is 18.4. The van der Waals surface area contributed by atoms with E-state index in [1.807, 2.05) is 60.8 Å². The number of fused-ring (bicyclic) bond motifs is 2. The van der Waals surface area contributed by atoms with Gasteiger partial charge in [0.1, 0.15) is 5.57 Å². The van der Waals surface area contributed by atoms with Crippen molar-refractivity contribution >= 4 is 40.5 Å². The van der Waals surface area contributed by atoms with Crippen molar-refractivity contribution in [3.05, 3.63) is 95.7 Å². The predicted octanol–water partition coefficient (Wildman–Crippen LogP) is 4.08. The van der Waals surface area contributed by atoms with E-state index >= 15 is 0 Å². The van der Waals surface area contributed by atoms with Crippen molar-refractivity contribution in [3.8, 4) is 11.5 Å². The van der Waals surface area contributed by atoms with Crippen molar-refractivity contribution in [2.45, 2.75) is 6.54 Å². The van der Waals surface area contributed by atoms with Gasteiger partial charge in [0.2, 0.25) is 6.79 Å². The second-order valence-electron chi connectivity index (χ2n) is 8.21. The fourth-order valence-electron chi connectivity index (χ4n) is 4.37. The van der Waals surface area contributed by atoms with Gasteiger partial charge < -0.3 is 14.0 Å². The largest absolute Gasteiger partial charge is 0.454 e. The number of rotatable bonds is 4. The minimum absolute atomic E-state index is 0.0651. The molecule has 0 saturated carbocycles. The predicted molar refractivity (Wildman–Crippen MR) is 129 cm³/mol. The van der Waals surface area contributed by atoms with Crippen molar-refractivity contribution in [1.29, 1.82) is 0 Å². The standard InChI is InChI=1S/C27H19N3O5/c31-25-21(26(32)30(27(33)28-25)19-10-11-23-24(13-19)35-16-34-23)12-18-15-29(14-17-6-2-1-3-7-17)22-9-5-4-8-20(18)22/h1-13,15H,14,16H2,(H,28,31,33). The molecule has 6 rings (SSSR count). The van der Waals surface area contributed by atoms with Crippen molar-refractivity contribution in [1.82, 2.24) is 9.88 Å². The van der Waals surface area contributed by atoms with E-state index in [1.54, 1.807) is 18.2 Å². The number of barbiturate groups is 1. The molecule has 0 spiro atoms. The first kappa shape index (κ1) is 20.7. The molecule has 1 saturated heterocycles. The molecule has 1 aromatic heterocycles. The zero-order chi connectivity index (χ0) is 23.9. The topological polar surface area (TPSA) is 89.9 Å². The molecular weight excluding hydrogens is 446 g/mol. The van der Waals surface area contributed by atoms with Gasteiger partial charge in [-0.05, 0) is 29.8 Å². The second kappa shape index (κ2) is 8.18. The van der Waals surface area contributed by atoms with Gasteiger partial charge in [0.15, 0.2) is 11.5 Å². The average Bonchev–Trinajstić information content (AvgIpc) is 3.47. The Labute approximate surface area is 200 Å². The third kappa shape index (κ3) is 3.61. The van der Waals surface area contributed by atoms with E-state index in [0.29, 0.717) is 23.6 Å². The van der Waals surface area contributed by atoms with Crippen molar-refractivity contribution in [2.75, 3.05) is 11.7 Å². The molecule has 172 valence electrons. The summed E-state index contributed by atoms with van der Waals surface area (Å²) in [6.45, 7) is 0.697. The van der Waals surface area contributed by atoms with Crippen LogP contribution in [0.5, 0.6) is 11.5 Å². The fraction of sp³-hybridized carbons (Fsp3) is 0.0741. The molecule has 2 aliphatic rings. The number of anilines is 1. The van der Waals surface area contributed by atoms with Crippen LogP contribution in [0.4, 0.5) is 10.5 Å². The van der Waals surface area contributed by atoms with E-state index in [-0.39, 0.29) is 18.1 Å². The Morgan fingerprint density at radius 1 is 0.886 bits per heavy atom. The second-order valence-corrected chi connectivity index (χ2v) is 8.21. The Morgan fingerprint density at radius 3 is 2.51 bits per heavy atom. The number of ether oxygens (including phenoxy) is 2.